The van der Waals surface area contributed by atoms with Gasteiger partial charge in [0.15, 0.2) is 0 Å². The maximum Gasteiger partial charge on any atom is 0.144 e. The van der Waals surface area contributed by atoms with Crippen molar-refractivity contribution in [3.05, 3.63) is 70.8 Å². The lowest BCUT2D eigenvalue weighted by Gasteiger charge is -2.15. The maximum atomic E-state index is 13.1. The van der Waals surface area contributed by atoms with Gasteiger partial charge in [-0.1, -0.05) is 31.2 Å². The highest BCUT2D eigenvalue weighted by Crippen LogP contribution is 2.33. The van der Waals surface area contributed by atoms with Crippen molar-refractivity contribution in [1.29, 1.82) is 0 Å². The first-order chi connectivity index (χ1) is 10.5. The van der Waals surface area contributed by atoms with Gasteiger partial charge in [-0.05, 0) is 43.2 Å². The molecular weight excluding hydrogens is 277 g/mol. The van der Waals surface area contributed by atoms with Crippen LogP contribution < -0.4 is 0 Å². The van der Waals surface area contributed by atoms with Gasteiger partial charge in [0.25, 0.3) is 0 Å². The standard InChI is InChI=1S/C19H18FNO/c1-11(14-4-7-16(20)8-5-14)15-6-9-17-18(10-15)12(2)21-13(3)19(17)22/h4-11,22H,1-3H3. The third-order valence-electron chi connectivity index (χ3n) is 4.24. The van der Waals surface area contributed by atoms with E-state index < -0.39 is 0 Å². The fraction of sp³-hybridized carbons (Fsp3) is 0.211. The van der Waals surface area contributed by atoms with E-state index in [-0.39, 0.29) is 17.5 Å². The molecule has 0 aliphatic carbocycles. The van der Waals surface area contributed by atoms with Crippen LogP contribution in [0.3, 0.4) is 0 Å². The molecule has 0 amide bonds. The van der Waals surface area contributed by atoms with Crippen molar-refractivity contribution in [1.82, 2.24) is 4.98 Å². The van der Waals surface area contributed by atoms with Crippen LogP contribution in [0.25, 0.3) is 10.8 Å². The van der Waals surface area contributed by atoms with Crippen molar-refractivity contribution in [3.63, 3.8) is 0 Å². The Bertz CT molecular complexity index is 840. The van der Waals surface area contributed by atoms with Crippen molar-refractivity contribution in [2.45, 2.75) is 26.7 Å². The second-order valence-electron chi connectivity index (χ2n) is 5.71. The summed E-state index contributed by atoms with van der Waals surface area (Å²) in [5.74, 6) is 0.157. The van der Waals surface area contributed by atoms with Crippen molar-refractivity contribution in [2.24, 2.45) is 0 Å². The molecule has 2 aromatic carbocycles. The smallest absolute Gasteiger partial charge is 0.144 e. The monoisotopic (exact) mass is 295 g/mol. The van der Waals surface area contributed by atoms with Gasteiger partial charge in [0, 0.05) is 22.4 Å². The number of nitrogens with zero attached hydrogens (tertiary/aromatic N) is 1. The molecule has 0 fully saturated rings. The van der Waals surface area contributed by atoms with Crippen LogP contribution in [0.4, 0.5) is 4.39 Å². The summed E-state index contributed by atoms with van der Waals surface area (Å²) >= 11 is 0. The highest BCUT2D eigenvalue weighted by molar-refractivity contribution is 5.91. The molecule has 3 heteroatoms. The number of hydrogen-bond acceptors (Lipinski definition) is 2. The predicted molar refractivity (Wildman–Crippen MR) is 86.8 cm³/mol. The summed E-state index contributed by atoms with van der Waals surface area (Å²) < 4.78 is 13.1. The number of pyridine rings is 1. The quantitative estimate of drug-likeness (QED) is 0.733. The average molecular weight is 295 g/mol. The minimum atomic E-state index is -0.227. The van der Waals surface area contributed by atoms with Gasteiger partial charge < -0.3 is 5.11 Å². The molecule has 1 atom stereocenters. The summed E-state index contributed by atoms with van der Waals surface area (Å²) in [4.78, 5) is 4.39. The molecule has 0 aliphatic heterocycles. The maximum absolute atomic E-state index is 13.1. The van der Waals surface area contributed by atoms with Gasteiger partial charge in [-0.15, -0.1) is 0 Å². The number of rotatable bonds is 2. The van der Waals surface area contributed by atoms with Crippen LogP contribution >= 0.6 is 0 Å². The lowest BCUT2D eigenvalue weighted by atomic mass is 9.91. The Morgan fingerprint density at radius 1 is 0.909 bits per heavy atom. The molecule has 2 nitrogen and oxygen atoms in total. The normalized spacial score (nSPS) is 12.5. The topological polar surface area (TPSA) is 33.1 Å². The highest BCUT2D eigenvalue weighted by Gasteiger charge is 2.13. The molecule has 112 valence electrons. The molecule has 1 unspecified atom stereocenters. The molecule has 0 spiro atoms. The van der Waals surface area contributed by atoms with Crippen LogP contribution in [0.2, 0.25) is 0 Å². The number of aromatic nitrogens is 1. The summed E-state index contributed by atoms with van der Waals surface area (Å²) in [6, 6.07) is 12.6. The fourth-order valence-corrected chi connectivity index (χ4v) is 2.84. The molecule has 0 radical (unpaired) electrons. The summed E-state index contributed by atoms with van der Waals surface area (Å²) in [7, 11) is 0. The van der Waals surface area contributed by atoms with Crippen LogP contribution in [-0.2, 0) is 0 Å². The molecule has 0 saturated carbocycles. The molecule has 0 aliphatic rings. The summed E-state index contributed by atoms with van der Waals surface area (Å²) in [5.41, 5.74) is 3.72. The summed E-state index contributed by atoms with van der Waals surface area (Å²) in [6.07, 6.45) is 0. The highest BCUT2D eigenvalue weighted by atomic mass is 19.1. The first-order valence-electron chi connectivity index (χ1n) is 7.32. The fourth-order valence-electron chi connectivity index (χ4n) is 2.84. The first-order valence-corrected chi connectivity index (χ1v) is 7.32. The molecule has 3 aromatic rings. The van der Waals surface area contributed by atoms with Crippen molar-refractivity contribution in [3.8, 4) is 5.75 Å². The molecule has 22 heavy (non-hydrogen) atoms. The molecule has 1 N–H and O–H groups in total. The Kier molecular flexibility index (Phi) is 3.57. The van der Waals surface area contributed by atoms with Gasteiger partial charge in [-0.3, -0.25) is 4.98 Å². The largest absolute Gasteiger partial charge is 0.505 e. The van der Waals surface area contributed by atoms with E-state index in [9.17, 15) is 9.50 Å². The third-order valence-corrected chi connectivity index (χ3v) is 4.24. The number of aromatic hydroxyl groups is 1. The third kappa shape index (κ3) is 2.43. The Balaban J connectivity index is 2.10. The van der Waals surface area contributed by atoms with Crippen molar-refractivity contribution in [2.75, 3.05) is 0 Å². The number of fused-ring (bicyclic) bond motifs is 1. The molecule has 0 saturated heterocycles. The minimum absolute atomic E-state index is 0.146. The molecule has 0 bridgehead atoms. The summed E-state index contributed by atoms with van der Waals surface area (Å²) in [5, 5.41) is 11.9. The van der Waals surface area contributed by atoms with Crippen LogP contribution in [-0.4, -0.2) is 10.1 Å². The minimum Gasteiger partial charge on any atom is -0.505 e. The number of hydrogen-bond donors (Lipinski definition) is 1. The zero-order chi connectivity index (χ0) is 15.9. The number of benzene rings is 2. The molecular formula is C19H18FNO. The molecule has 3 rings (SSSR count). The van der Waals surface area contributed by atoms with Crippen molar-refractivity contribution < 1.29 is 9.50 Å². The van der Waals surface area contributed by atoms with Gasteiger partial charge in [-0.2, -0.15) is 0 Å². The van der Waals surface area contributed by atoms with Gasteiger partial charge in [0.05, 0.1) is 5.69 Å². The van der Waals surface area contributed by atoms with E-state index in [1.54, 1.807) is 6.92 Å². The first kappa shape index (κ1) is 14.5. The molecule has 1 aromatic heterocycles. The van der Waals surface area contributed by atoms with E-state index in [1.165, 1.54) is 12.1 Å². The van der Waals surface area contributed by atoms with Crippen LogP contribution in [0.15, 0.2) is 42.5 Å². The molecule has 1 heterocycles. The Morgan fingerprint density at radius 3 is 2.23 bits per heavy atom. The zero-order valence-corrected chi connectivity index (χ0v) is 12.9. The second-order valence-corrected chi connectivity index (χ2v) is 5.71. The zero-order valence-electron chi connectivity index (χ0n) is 12.9. The van der Waals surface area contributed by atoms with E-state index in [0.717, 1.165) is 27.6 Å². The Labute approximate surface area is 129 Å². The van der Waals surface area contributed by atoms with Gasteiger partial charge in [-0.25, -0.2) is 4.39 Å². The van der Waals surface area contributed by atoms with Crippen LogP contribution in [0, 0.1) is 19.7 Å². The van der Waals surface area contributed by atoms with E-state index in [1.807, 2.05) is 31.2 Å². The number of halogens is 1. The average Bonchev–Trinajstić information content (AvgIpc) is 2.52. The van der Waals surface area contributed by atoms with Gasteiger partial charge in [0.2, 0.25) is 0 Å². The van der Waals surface area contributed by atoms with E-state index in [2.05, 4.69) is 18.0 Å². The predicted octanol–water partition coefficient (Wildman–Crippen LogP) is 4.85. The van der Waals surface area contributed by atoms with Crippen LogP contribution in [0.1, 0.15) is 35.4 Å². The van der Waals surface area contributed by atoms with Crippen LogP contribution in [0.5, 0.6) is 5.75 Å². The Morgan fingerprint density at radius 2 is 1.55 bits per heavy atom. The Hall–Kier alpha value is -2.42. The SMILES string of the molecule is Cc1nc(C)c2cc(C(C)c3ccc(F)cc3)ccc2c1O. The lowest BCUT2D eigenvalue weighted by Crippen LogP contribution is -1.98. The van der Waals surface area contributed by atoms with Crippen molar-refractivity contribution >= 4 is 10.8 Å². The van der Waals surface area contributed by atoms with E-state index in [4.69, 9.17) is 0 Å². The van der Waals surface area contributed by atoms with E-state index in [0.29, 0.717) is 5.69 Å². The van der Waals surface area contributed by atoms with Gasteiger partial charge >= 0.3 is 0 Å². The lowest BCUT2D eigenvalue weighted by molar-refractivity contribution is 0.474. The summed E-state index contributed by atoms with van der Waals surface area (Å²) in [6.45, 7) is 5.84. The number of aryl methyl sites for hydroxylation is 2. The van der Waals surface area contributed by atoms with Gasteiger partial charge in [0.1, 0.15) is 11.6 Å². The van der Waals surface area contributed by atoms with E-state index >= 15 is 0 Å². The second kappa shape index (κ2) is 5.41.